The van der Waals surface area contributed by atoms with E-state index in [0.717, 1.165) is 43.1 Å². The maximum atomic E-state index is 12.5. The minimum Gasteiger partial charge on any atom is -0.356 e. The number of carbonyl (C=O) groups is 1. The molecule has 0 unspecified atom stereocenters. The number of hydrogen-bond acceptors (Lipinski definition) is 4. The Kier molecular flexibility index (Phi) is 5.13. The van der Waals surface area contributed by atoms with Gasteiger partial charge in [0, 0.05) is 31.5 Å². The Hall–Kier alpha value is -2.37. The van der Waals surface area contributed by atoms with Crippen LogP contribution in [0.25, 0.3) is 0 Å². The van der Waals surface area contributed by atoms with Gasteiger partial charge >= 0.3 is 0 Å². The standard InChI is InChI=1S/C18H25N5O/c1-14-12-15(2)23(21-14)11-9-20-18(24)16-6-5-10-22(13-16)17-7-3-4-8-19-17/h3-4,7-8,12,16H,5-6,9-11,13H2,1-2H3,(H,20,24)/t16-/m1/s1. The van der Waals surface area contributed by atoms with Gasteiger partial charge in [-0.05, 0) is 44.9 Å². The Morgan fingerprint density at radius 1 is 1.38 bits per heavy atom. The van der Waals surface area contributed by atoms with Crippen LogP contribution in [0.1, 0.15) is 24.2 Å². The molecule has 24 heavy (non-hydrogen) atoms. The summed E-state index contributed by atoms with van der Waals surface area (Å²) in [5.41, 5.74) is 2.14. The van der Waals surface area contributed by atoms with Crippen LogP contribution < -0.4 is 10.2 Å². The lowest BCUT2D eigenvalue weighted by atomic mass is 9.97. The summed E-state index contributed by atoms with van der Waals surface area (Å²) in [6.07, 6.45) is 3.76. The number of anilines is 1. The summed E-state index contributed by atoms with van der Waals surface area (Å²) < 4.78 is 1.94. The Morgan fingerprint density at radius 3 is 2.96 bits per heavy atom. The zero-order chi connectivity index (χ0) is 16.9. The third-order valence-electron chi connectivity index (χ3n) is 4.49. The van der Waals surface area contributed by atoms with E-state index < -0.39 is 0 Å². The molecule has 1 aliphatic rings. The molecule has 3 rings (SSSR count). The first-order valence-electron chi connectivity index (χ1n) is 8.58. The second-order valence-electron chi connectivity index (χ2n) is 6.41. The molecule has 1 fully saturated rings. The van der Waals surface area contributed by atoms with Crippen molar-refractivity contribution in [1.29, 1.82) is 0 Å². The lowest BCUT2D eigenvalue weighted by molar-refractivity contribution is -0.125. The first-order valence-corrected chi connectivity index (χ1v) is 8.58. The molecule has 2 aromatic heterocycles. The van der Waals surface area contributed by atoms with Crippen molar-refractivity contribution < 1.29 is 4.79 Å². The average molecular weight is 327 g/mol. The summed E-state index contributed by atoms with van der Waals surface area (Å²) in [7, 11) is 0. The molecule has 0 saturated carbocycles. The van der Waals surface area contributed by atoms with E-state index in [1.54, 1.807) is 6.20 Å². The Morgan fingerprint density at radius 2 is 2.25 bits per heavy atom. The van der Waals surface area contributed by atoms with E-state index in [-0.39, 0.29) is 11.8 Å². The Balaban J connectivity index is 1.50. The van der Waals surface area contributed by atoms with Crippen molar-refractivity contribution in [1.82, 2.24) is 20.1 Å². The van der Waals surface area contributed by atoms with Crippen LogP contribution in [-0.2, 0) is 11.3 Å². The van der Waals surface area contributed by atoms with Crippen molar-refractivity contribution in [2.24, 2.45) is 5.92 Å². The highest BCUT2D eigenvalue weighted by Gasteiger charge is 2.26. The molecule has 3 heterocycles. The summed E-state index contributed by atoms with van der Waals surface area (Å²) in [4.78, 5) is 19.1. The summed E-state index contributed by atoms with van der Waals surface area (Å²) >= 11 is 0. The number of pyridine rings is 1. The monoisotopic (exact) mass is 327 g/mol. The Bertz CT molecular complexity index is 682. The van der Waals surface area contributed by atoms with E-state index in [9.17, 15) is 4.79 Å². The molecule has 1 atom stereocenters. The number of nitrogens with one attached hydrogen (secondary N) is 1. The van der Waals surface area contributed by atoms with Crippen LogP contribution in [0.2, 0.25) is 0 Å². The van der Waals surface area contributed by atoms with E-state index >= 15 is 0 Å². The van der Waals surface area contributed by atoms with E-state index in [4.69, 9.17) is 0 Å². The molecule has 0 aliphatic carbocycles. The van der Waals surface area contributed by atoms with Crippen LogP contribution in [0.3, 0.4) is 0 Å². The molecule has 0 bridgehead atoms. The SMILES string of the molecule is Cc1cc(C)n(CCNC(=O)[C@@H]2CCCN(c3ccccn3)C2)n1. The molecular weight excluding hydrogens is 302 g/mol. The van der Waals surface area contributed by atoms with Gasteiger partial charge in [-0.3, -0.25) is 9.48 Å². The van der Waals surface area contributed by atoms with E-state index in [2.05, 4.69) is 20.3 Å². The van der Waals surface area contributed by atoms with Crippen LogP contribution in [0, 0.1) is 19.8 Å². The lowest BCUT2D eigenvalue weighted by Crippen LogP contribution is -2.44. The van der Waals surface area contributed by atoms with Crippen LogP contribution in [0.4, 0.5) is 5.82 Å². The highest BCUT2D eigenvalue weighted by atomic mass is 16.1. The second-order valence-corrected chi connectivity index (χ2v) is 6.41. The third kappa shape index (κ3) is 3.93. The smallest absolute Gasteiger partial charge is 0.224 e. The maximum absolute atomic E-state index is 12.5. The van der Waals surface area contributed by atoms with Gasteiger partial charge in [-0.15, -0.1) is 0 Å². The zero-order valence-electron chi connectivity index (χ0n) is 14.4. The number of rotatable bonds is 5. The van der Waals surface area contributed by atoms with E-state index in [1.807, 2.05) is 42.8 Å². The second kappa shape index (κ2) is 7.47. The number of amides is 1. The number of piperidine rings is 1. The molecule has 2 aromatic rings. The van der Waals surface area contributed by atoms with Crippen molar-refractivity contribution in [2.45, 2.75) is 33.2 Å². The van der Waals surface area contributed by atoms with Gasteiger partial charge in [0.2, 0.25) is 5.91 Å². The summed E-state index contributed by atoms with van der Waals surface area (Å²) in [6, 6.07) is 7.95. The van der Waals surface area contributed by atoms with E-state index in [1.165, 1.54) is 0 Å². The predicted molar refractivity (Wildman–Crippen MR) is 93.9 cm³/mol. The van der Waals surface area contributed by atoms with Gasteiger partial charge in [-0.1, -0.05) is 6.07 Å². The van der Waals surface area contributed by atoms with Gasteiger partial charge in [0.15, 0.2) is 0 Å². The van der Waals surface area contributed by atoms with Gasteiger partial charge in [0.05, 0.1) is 18.2 Å². The lowest BCUT2D eigenvalue weighted by Gasteiger charge is -2.32. The largest absolute Gasteiger partial charge is 0.356 e. The van der Waals surface area contributed by atoms with Gasteiger partial charge in [0.25, 0.3) is 0 Å². The van der Waals surface area contributed by atoms with Crippen molar-refractivity contribution in [3.8, 4) is 0 Å². The number of nitrogens with zero attached hydrogens (tertiary/aromatic N) is 4. The molecule has 1 saturated heterocycles. The predicted octanol–water partition coefficient (Wildman–Crippen LogP) is 1.93. The molecule has 128 valence electrons. The molecule has 6 heteroatoms. The van der Waals surface area contributed by atoms with Gasteiger partial charge in [-0.2, -0.15) is 5.10 Å². The van der Waals surface area contributed by atoms with Crippen molar-refractivity contribution >= 4 is 11.7 Å². The minimum absolute atomic E-state index is 0.0289. The average Bonchev–Trinajstić information content (AvgIpc) is 2.93. The molecular formula is C18H25N5O. The fraction of sp³-hybridized carbons (Fsp3) is 0.500. The molecule has 1 amide bonds. The summed E-state index contributed by atoms with van der Waals surface area (Å²) in [5.74, 6) is 1.12. The minimum atomic E-state index is 0.0289. The maximum Gasteiger partial charge on any atom is 0.224 e. The summed E-state index contributed by atoms with van der Waals surface area (Å²) in [6.45, 7) is 7.04. The topological polar surface area (TPSA) is 63.1 Å². The molecule has 0 spiro atoms. The zero-order valence-corrected chi connectivity index (χ0v) is 14.4. The van der Waals surface area contributed by atoms with E-state index in [0.29, 0.717) is 13.1 Å². The first-order chi connectivity index (χ1) is 11.6. The summed E-state index contributed by atoms with van der Waals surface area (Å²) in [5, 5.41) is 7.48. The Labute approximate surface area is 142 Å². The molecule has 1 aliphatic heterocycles. The van der Waals surface area contributed by atoms with Gasteiger partial charge in [-0.25, -0.2) is 4.98 Å². The normalized spacial score (nSPS) is 17.8. The molecule has 0 aromatic carbocycles. The fourth-order valence-corrected chi connectivity index (χ4v) is 3.27. The van der Waals surface area contributed by atoms with Gasteiger partial charge < -0.3 is 10.2 Å². The highest BCUT2D eigenvalue weighted by molar-refractivity contribution is 5.79. The number of carbonyl (C=O) groups excluding carboxylic acids is 1. The molecule has 1 N–H and O–H groups in total. The highest BCUT2D eigenvalue weighted by Crippen LogP contribution is 2.21. The third-order valence-corrected chi connectivity index (χ3v) is 4.49. The quantitative estimate of drug-likeness (QED) is 0.911. The van der Waals surface area contributed by atoms with Crippen molar-refractivity contribution in [2.75, 3.05) is 24.5 Å². The van der Waals surface area contributed by atoms with Crippen LogP contribution in [0.15, 0.2) is 30.5 Å². The molecule has 6 nitrogen and oxygen atoms in total. The fourth-order valence-electron chi connectivity index (χ4n) is 3.27. The number of aromatic nitrogens is 3. The number of aryl methyl sites for hydroxylation is 2. The van der Waals surface area contributed by atoms with Crippen molar-refractivity contribution in [3.05, 3.63) is 41.9 Å². The van der Waals surface area contributed by atoms with Crippen LogP contribution in [0.5, 0.6) is 0 Å². The van der Waals surface area contributed by atoms with Crippen molar-refractivity contribution in [3.63, 3.8) is 0 Å². The number of hydrogen-bond donors (Lipinski definition) is 1. The van der Waals surface area contributed by atoms with Gasteiger partial charge in [0.1, 0.15) is 5.82 Å². The van der Waals surface area contributed by atoms with Crippen LogP contribution >= 0.6 is 0 Å². The molecule has 0 radical (unpaired) electrons. The first kappa shape index (κ1) is 16.5. The van der Waals surface area contributed by atoms with Crippen LogP contribution in [-0.4, -0.2) is 40.3 Å².